The van der Waals surface area contributed by atoms with Crippen molar-refractivity contribution in [2.75, 3.05) is 6.54 Å². The Morgan fingerprint density at radius 2 is 2.29 bits per heavy atom. The molecule has 0 radical (unpaired) electrons. The summed E-state index contributed by atoms with van der Waals surface area (Å²) in [6.07, 6.45) is 0. The summed E-state index contributed by atoms with van der Waals surface area (Å²) in [6.45, 7) is 3.27. The van der Waals surface area contributed by atoms with Crippen LogP contribution in [0.3, 0.4) is 0 Å². The van der Waals surface area contributed by atoms with Gasteiger partial charge in [0.15, 0.2) is 5.82 Å². The van der Waals surface area contributed by atoms with Crippen LogP contribution in [0.1, 0.15) is 12.7 Å². The van der Waals surface area contributed by atoms with E-state index < -0.39 is 0 Å². The summed E-state index contributed by atoms with van der Waals surface area (Å²) in [4.78, 5) is 0. The molecule has 0 aliphatic heterocycles. The van der Waals surface area contributed by atoms with E-state index in [1.165, 1.54) is 10.7 Å². The van der Waals surface area contributed by atoms with E-state index in [4.69, 9.17) is 0 Å². The third-order valence-electron chi connectivity index (χ3n) is 2.20. The van der Waals surface area contributed by atoms with Crippen LogP contribution in [0.5, 0.6) is 0 Å². The van der Waals surface area contributed by atoms with E-state index >= 15 is 0 Å². The third-order valence-corrected chi connectivity index (χ3v) is 2.70. The molecule has 0 atom stereocenters. The van der Waals surface area contributed by atoms with Crippen molar-refractivity contribution >= 4 is 15.9 Å². The van der Waals surface area contributed by atoms with Crippen LogP contribution < -0.4 is 5.32 Å². The van der Waals surface area contributed by atoms with Crippen molar-refractivity contribution in [2.45, 2.75) is 13.5 Å². The van der Waals surface area contributed by atoms with Crippen LogP contribution in [0.25, 0.3) is 5.69 Å². The molecule has 2 rings (SSSR count). The predicted octanol–water partition coefficient (Wildman–Crippen LogP) is 1.67. The number of nitrogens with one attached hydrogen (secondary N) is 1. The van der Waals surface area contributed by atoms with E-state index in [9.17, 15) is 4.39 Å². The molecule has 1 aromatic carbocycles. The van der Waals surface area contributed by atoms with Crippen LogP contribution in [0.4, 0.5) is 4.39 Å². The molecule has 0 fully saturated rings. The van der Waals surface area contributed by atoms with E-state index in [1.807, 2.05) is 6.92 Å². The molecule has 0 aliphatic carbocycles. The maximum absolute atomic E-state index is 13.7. The fourth-order valence-corrected chi connectivity index (χ4v) is 1.74. The van der Waals surface area contributed by atoms with Crippen molar-refractivity contribution in [3.63, 3.8) is 0 Å². The van der Waals surface area contributed by atoms with Crippen molar-refractivity contribution < 1.29 is 4.39 Å². The standard InChI is InChI=1S/C10H11BrFN5/c1-2-13-6-10-14-15-16-17(10)9-5-7(11)3-4-8(9)12/h3-5,13H,2,6H2,1H3. The lowest BCUT2D eigenvalue weighted by atomic mass is 10.3. The molecule has 2 aromatic rings. The molecular weight excluding hydrogens is 289 g/mol. The zero-order valence-electron chi connectivity index (χ0n) is 9.19. The second-order valence-corrected chi connectivity index (χ2v) is 4.30. The van der Waals surface area contributed by atoms with Gasteiger partial charge in [-0.2, -0.15) is 4.68 Å². The van der Waals surface area contributed by atoms with E-state index in [-0.39, 0.29) is 5.82 Å². The van der Waals surface area contributed by atoms with Gasteiger partial charge in [-0.1, -0.05) is 22.9 Å². The van der Waals surface area contributed by atoms with Gasteiger partial charge in [0.1, 0.15) is 11.5 Å². The van der Waals surface area contributed by atoms with Crippen LogP contribution in [0, 0.1) is 5.82 Å². The van der Waals surface area contributed by atoms with Crippen LogP contribution in [0.2, 0.25) is 0 Å². The number of halogens is 2. The fourth-order valence-electron chi connectivity index (χ4n) is 1.39. The lowest BCUT2D eigenvalue weighted by molar-refractivity contribution is 0.594. The number of tetrazole rings is 1. The summed E-state index contributed by atoms with van der Waals surface area (Å²) < 4.78 is 15.8. The average Bonchev–Trinajstić information content (AvgIpc) is 2.77. The first kappa shape index (κ1) is 12.1. The highest BCUT2D eigenvalue weighted by Crippen LogP contribution is 2.19. The van der Waals surface area contributed by atoms with Crippen LogP contribution in [0.15, 0.2) is 22.7 Å². The molecule has 0 saturated carbocycles. The van der Waals surface area contributed by atoms with E-state index in [0.29, 0.717) is 18.1 Å². The molecule has 0 bridgehead atoms. The summed E-state index contributed by atoms with van der Waals surface area (Å²) >= 11 is 3.29. The normalized spacial score (nSPS) is 10.8. The summed E-state index contributed by atoms with van der Waals surface area (Å²) in [5.74, 6) is 0.210. The highest BCUT2D eigenvalue weighted by Gasteiger charge is 2.12. The molecule has 17 heavy (non-hydrogen) atoms. The van der Waals surface area contributed by atoms with Crippen LogP contribution in [-0.2, 0) is 6.54 Å². The Morgan fingerprint density at radius 1 is 1.47 bits per heavy atom. The maximum Gasteiger partial charge on any atom is 0.170 e. The minimum absolute atomic E-state index is 0.331. The second-order valence-electron chi connectivity index (χ2n) is 3.38. The van der Waals surface area contributed by atoms with Crippen LogP contribution >= 0.6 is 15.9 Å². The Hall–Kier alpha value is -1.34. The van der Waals surface area contributed by atoms with Crippen molar-refractivity contribution in [1.29, 1.82) is 0 Å². The predicted molar refractivity (Wildman–Crippen MR) is 64.2 cm³/mol. The lowest BCUT2D eigenvalue weighted by Crippen LogP contribution is -2.16. The third kappa shape index (κ3) is 2.67. The van der Waals surface area contributed by atoms with Gasteiger partial charge < -0.3 is 5.32 Å². The number of nitrogens with zero attached hydrogens (tertiary/aromatic N) is 4. The quantitative estimate of drug-likeness (QED) is 0.933. The molecule has 1 heterocycles. The summed E-state index contributed by atoms with van der Waals surface area (Å²) in [7, 11) is 0. The molecule has 5 nitrogen and oxygen atoms in total. The average molecular weight is 300 g/mol. The molecule has 1 N–H and O–H groups in total. The van der Waals surface area contributed by atoms with Gasteiger partial charge in [-0.15, -0.1) is 5.10 Å². The number of aromatic nitrogens is 4. The van der Waals surface area contributed by atoms with Gasteiger partial charge in [-0.3, -0.25) is 0 Å². The molecule has 90 valence electrons. The van der Waals surface area contributed by atoms with Crippen LogP contribution in [-0.4, -0.2) is 26.8 Å². The number of hydrogen-bond donors (Lipinski definition) is 1. The molecule has 0 spiro atoms. The van der Waals surface area contributed by atoms with Crippen molar-refractivity contribution in [2.24, 2.45) is 0 Å². The van der Waals surface area contributed by atoms with Gasteiger partial charge in [0, 0.05) is 4.47 Å². The minimum Gasteiger partial charge on any atom is -0.310 e. The topological polar surface area (TPSA) is 55.6 Å². The lowest BCUT2D eigenvalue weighted by Gasteiger charge is -2.06. The van der Waals surface area contributed by atoms with Gasteiger partial charge in [0.2, 0.25) is 0 Å². The molecule has 0 saturated heterocycles. The van der Waals surface area contributed by atoms with Gasteiger partial charge in [-0.25, -0.2) is 4.39 Å². The summed E-state index contributed by atoms with van der Waals surface area (Å²) in [6, 6.07) is 4.65. The molecule has 0 unspecified atom stereocenters. The monoisotopic (exact) mass is 299 g/mol. The Balaban J connectivity index is 2.38. The number of benzene rings is 1. The Kier molecular flexibility index (Phi) is 3.80. The van der Waals surface area contributed by atoms with E-state index in [1.54, 1.807) is 12.1 Å². The van der Waals surface area contributed by atoms with E-state index in [0.717, 1.165) is 11.0 Å². The molecular formula is C10H11BrFN5. The van der Waals surface area contributed by atoms with Crippen molar-refractivity contribution in [3.05, 3.63) is 34.3 Å². The highest BCUT2D eigenvalue weighted by molar-refractivity contribution is 9.10. The van der Waals surface area contributed by atoms with Crippen molar-refractivity contribution in [3.8, 4) is 5.69 Å². The second kappa shape index (κ2) is 5.33. The Labute approximate surface area is 106 Å². The number of rotatable bonds is 4. The smallest absolute Gasteiger partial charge is 0.170 e. The Morgan fingerprint density at radius 3 is 3.06 bits per heavy atom. The first-order valence-electron chi connectivity index (χ1n) is 5.15. The summed E-state index contributed by atoms with van der Waals surface area (Å²) in [5, 5.41) is 14.3. The van der Waals surface area contributed by atoms with E-state index in [2.05, 4.69) is 36.8 Å². The van der Waals surface area contributed by atoms with Gasteiger partial charge in [0.25, 0.3) is 0 Å². The van der Waals surface area contributed by atoms with Gasteiger partial charge >= 0.3 is 0 Å². The SMILES string of the molecule is CCNCc1nnnn1-c1cc(Br)ccc1F. The molecule has 0 aliphatic rings. The van der Waals surface area contributed by atoms with Crippen molar-refractivity contribution in [1.82, 2.24) is 25.5 Å². The zero-order valence-corrected chi connectivity index (χ0v) is 10.8. The van der Waals surface area contributed by atoms with Gasteiger partial charge in [-0.05, 0) is 35.2 Å². The first-order valence-corrected chi connectivity index (χ1v) is 5.95. The minimum atomic E-state index is -0.363. The largest absolute Gasteiger partial charge is 0.310 e. The highest BCUT2D eigenvalue weighted by atomic mass is 79.9. The Bertz CT molecular complexity index is 513. The first-order chi connectivity index (χ1) is 8.22. The maximum atomic E-state index is 13.7. The zero-order chi connectivity index (χ0) is 12.3. The van der Waals surface area contributed by atoms with Gasteiger partial charge in [0.05, 0.1) is 6.54 Å². The number of hydrogen-bond acceptors (Lipinski definition) is 4. The summed E-state index contributed by atoms with van der Waals surface area (Å²) in [5.41, 5.74) is 0.331. The fraction of sp³-hybridized carbons (Fsp3) is 0.300. The molecule has 7 heteroatoms. The molecule has 1 aromatic heterocycles. The molecule has 0 amide bonds.